The molecule has 0 spiro atoms. The minimum Gasteiger partial charge on any atom is -0.384 e. The quantitative estimate of drug-likeness (QED) is 0.677. The lowest BCUT2D eigenvalue weighted by atomic mass is 10.1. The number of tetrazole rings is 1. The van der Waals surface area contributed by atoms with E-state index in [0.29, 0.717) is 11.3 Å². The summed E-state index contributed by atoms with van der Waals surface area (Å²) in [6, 6.07) is 4.35. The molecule has 0 aliphatic heterocycles. The van der Waals surface area contributed by atoms with Gasteiger partial charge in [0.2, 0.25) is 0 Å². The average Bonchev–Trinajstić information content (AvgIpc) is 3.26. The number of pyridine rings is 1. The van der Waals surface area contributed by atoms with Crippen LogP contribution in [0.4, 0.5) is 22.0 Å². The van der Waals surface area contributed by atoms with Gasteiger partial charge in [0.15, 0.2) is 0 Å². The third kappa shape index (κ3) is 3.70. The molecule has 3 heterocycles. The Labute approximate surface area is 146 Å². The summed E-state index contributed by atoms with van der Waals surface area (Å²) in [5.41, 5.74) is -0.450. The molecule has 3 aromatic heterocycles. The molecule has 0 fully saturated rings. The summed E-state index contributed by atoms with van der Waals surface area (Å²) in [5.74, 6) is -3.70. The highest BCUT2D eigenvalue weighted by atomic mass is 32.1. The van der Waals surface area contributed by atoms with E-state index in [9.17, 15) is 27.1 Å². The Morgan fingerprint density at radius 1 is 1.12 bits per heavy atom. The van der Waals surface area contributed by atoms with E-state index in [1.807, 2.05) is 0 Å². The normalized spacial score (nSPS) is 13.8. The molecule has 0 amide bonds. The van der Waals surface area contributed by atoms with Crippen LogP contribution in [0.2, 0.25) is 0 Å². The molecule has 1 atom stereocenters. The first-order chi connectivity index (χ1) is 12.2. The van der Waals surface area contributed by atoms with Crippen LogP contribution >= 0.6 is 11.3 Å². The van der Waals surface area contributed by atoms with E-state index in [1.165, 1.54) is 12.1 Å². The molecular formula is C14H10F5N5OS. The molecule has 3 aromatic rings. The van der Waals surface area contributed by atoms with Crippen molar-refractivity contribution in [2.45, 2.75) is 24.7 Å². The van der Waals surface area contributed by atoms with Crippen LogP contribution in [-0.2, 0) is 18.6 Å². The van der Waals surface area contributed by atoms with Crippen LogP contribution in [0.1, 0.15) is 10.6 Å². The maximum atomic E-state index is 14.3. The second kappa shape index (κ2) is 6.68. The molecule has 1 N–H and O–H groups in total. The SMILES string of the molecule is OC(Cn1cnnn1)C(F)(F)c1ccc(-c2ccc(C(F)(F)F)s2)cn1. The second-order valence-corrected chi connectivity index (χ2v) is 6.35. The van der Waals surface area contributed by atoms with Gasteiger partial charge in [-0.3, -0.25) is 4.98 Å². The summed E-state index contributed by atoms with van der Waals surface area (Å²) in [6.07, 6.45) is -4.49. The molecule has 26 heavy (non-hydrogen) atoms. The van der Waals surface area contributed by atoms with Crippen molar-refractivity contribution in [2.24, 2.45) is 0 Å². The largest absolute Gasteiger partial charge is 0.425 e. The van der Waals surface area contributed by atoms with Gasteiger partial charge >= 0.3 is 12.1 Å². The molecule has 0 aromatic carbocycles. The van der Waals surface area contributed by atoms with Crippen LogP contribution in [-0.4, -0.2) is 36.4 Å². The zero-order valence-corrected chi connectivity index (χ0v) is 13.5. The molecule has 0 saturated carbocycles. The van der Waals surface area contributed by atoms with E-state index in [-0.39, 0.29) is 10.4 Å². The Morgan fingerprint density at radius 2 is 1.88 bits per heavy atom. The van der Waals surface area contributed by atoms with Crippen LogP contribution in [0.5, 0.6) is 0 Å². The molecule has 1 unspecified atom stereocenters. The number of hydrogen-bond donors (Lipinski definition) is 1. The number of thiophene rings is 1. The molecule has 0 saturated heterocycles. The average molecular weight is 391 g/mol. The molecule has 6 nitrogen and oxygen atoms in total. The van der Waals surface area contributed by atoms with Gasteiger partial charge in [0.1, 0.15) is 23.0 Å². The van der Waals surface area contributed by atoms with E-state index >= 15 is 0 Å². The van der Waals surface area contributed by atoms with Crippen LogP contribution in [0, 0.1) is 0 Å². The lowest BCUT2D eigenvalue weighted by molar-refractivity contribution is -0.134. The number of nitrogens with zero attached hydrogens (tertiary/aromatic N) is 5. The second-order valence-electron chi connectivity index (χ2n) is 5.26. The van der Waals surface area contributed by atoms with Gasteiger partial charge in [-0.2, -0.15) is 22.0 Å². The van der Waals surface area contributed by atoms with Gasteiger partial charge in [-0.1, -0.05) is 0 Å². The number of rotatable bonds is 5. The molecule has 138 valence electrons. The monoisotopic (exact) mass is 391 g/mol. The maximum absolute atomic E-state index is 14.3. The van der Waals surface area contributed by atoms with Gasteiger partial charge in [0.05, 0.1) is 6.54 Å². The van der Waals surface area contributed by atoms with E-state index in [0.717, 1.165) is 29.3 Å². The van der Waals surface area contributed by atoms with E-state index in [1.54, 1.807) is 0 Å². The highest BCUT2D eigenvalue weighted by Gasteiger charge is 2.42. The smallest absolute Gasteiger partial charge is 0.384 e. The predicted molar refractivity (Wildman–Crippen MR) is 80.3 cm³/mol. The molecule has 0 radical (unpaired) electrons. The highest BCUT2D eigenvalue weighted by molar-refractivity contribution is 7.15. The Morgan fingerprint density at radius 3 is 2.42 bits per heavy atom. The molecule has 0 aliphatic rings. The number of alkyl halides is 5. The molecule has 3 rings (SSSR count). The fourth-order valence-electron chi connectivity index (χ4n) is 2.11. The summed E-state index contributed by atoms with van der Waals surface area (Å²) in [6.45, 7) is -0.552. The minimum atomic E-state index is -4.47. The Kier molecular flexibility index (Phi) is 4.71. The minimum absolute atomic E-state index is 0.244. The summed E-state index contributed by atoms with van der Waals surface area (Å²) in [5, 5.41) is 19.7. The Bertz CT molecular complexity index is 863. The van der Waals surface area contributed by atoms with Crippen molar-refractivity contribution in [1.29, 1.82) is 0 Å². The summed E-state index contributed by atoms with van der Waals surface area (Å²) in [4.78, 5) is 3.05. The van der Waals surface area contributed by atoms with Gasteiger partial charge in [0, 0.05) is 16.6 Å². The fraction of sp³-hybridized carbons (Fsp3) is 0.286. The van der Waals surface area contributed by atoms with Gasteiger partial charge in [0.25, 0.3) is 0 Å². The van der Waals surface area contributed by atoms with E-state index < -0.39 is 35.3 Å². The lowest BCUT2D eigenvalue weighted by Gasteiger charge is -2.21. The van der Waals surface area contributed by atoms with Gasteiger partial charge in [-0.15, -0.1) is 16.4 Å². The standard InChI is InChI=1S/C14H10F5N5OS/c15-13(16,11(25)6-24-7-21-22-23-24)10-3-1-8(5-20-10)9-2-4-12(26-9)14(17,18)19/h1-5,7,11,25H,6H2. The lowest BCUT2D eigenvalue weighted by Crippen LogP contribution is -2.35. The van der Waals surface area contributed by atoms with Crippen LogP contribution in [0.3, 0.4) is 0 Å². The molecule has 12 heteroatoms. The molecule has 0 bridgehead atoms. The number of aliphatic hydroxyl groups excluding tert-OH is 1. The maximum Gasteiger partial charge on any atom is 0.425 e. The number of aromatic nitrogens is 5. The van der Waals surface area contributed by atoms with Crippen molar-refractivity contribution in [2.75, 3.05) is 0 Å². The van der Waals surface area contributed by atoms with Crippen molar-refractivity contribution < 1.29 is 27.1 Å². The molecule has 0 aliphatic carbocycles. The third-order valence-corrected chi connectivity index (χ3v) is 4.62. The Hall–Kier alpha value is -2.47. The van der Waals surface area contributed by atoms with Crippen molar-refractivity contribution in [3.05, 3.63) is 47.4 Å². The number of hydrogen-bond acceptors (Lipinski definition) is 6. The van der Waals surface area contributed by atoms with Crippen molar-refractivity contribution in [3.8, 4) is 10.4 Å². The van der Waals surface area contributed by atoms with E-state index in [4.69, 9.17) is 0 Å². The van der Waals surface area contributed by atoms with Crippen LogP contribution in [0.15, 0.2) is 36.8 Å². The first kappa shape index (κ1) is 18.3. The number of aliphatic hydroxyl groups is 1. The third-order valence-electron chi connectivity index (χ3n) is 3.44. The van der Waals surface area contributed by atoms with E-state index in [2.05, 4.69) is 20.5 Å². The topological polar surface area (TPSA) is 76.7 Å². The first-order valence-electron chi connectivity index (χ1n) is 7.08. The van der Waals surface area contributed by atoms with Crippen molar-refractivity contribution in [1.82, 2.24) is 25.2 Å². The summed E-state index contributed by atoms with van der Waals surface area (Å²) < 4.78 is 67.4. The van der Waals surface area contributed by atoms with Crippen LogP contribution in [0.25, 0.3) is 10.4 Å². The zero-order chi connectivity index (χ0) is 18.9. The highest BCUT2D eigenvalue weighted by Crippen LogP contribution is 2.39. The van der Waals surface area contributed by atoms with Gasteiger partial charge in [-0.05, 0) is 34.7 Å². The predicted octanol–water partition coefficient (Wildman–Crippen LogP) is 2.97. The van der Waals surface area contributed by atoms with Gasteiger partial charge in [-0.25, -0.2) is 4.68 Å². The molecular weight excluding hydrogens is 381 g/mol. The zero-order valence-electron chi connectivity index (χ0n) is 12.7. The summed E-state index contributed by atoms with van der Waals surface area (Å²) in [7, 11) is 0. The fourth-order valence-corrected chi connectivity index (χ4v) is 2.97. The Balaban J connectivity index is 1.79. The summed E-state index contributed by atoms with van der Waals surface area (Å²) >= 11 is 0.488. The first-order valence-corrected chi connectivity index (χ1v) is 7.90. The number of halogens is 5. The van der Waals surface area contributed by atoms with Gasteiger partial charge < -0.3 is 5.11 Å². The van der Waals surface area contributed by atoms with Crippen LogP contribution < -0.4 is 0 Å². The van der Waals surface area contributed by atoms with Crippen molar-refractivity contribution in [3.63, 3.8) is 0 Å². The van der Waals surface area contributed by atoms with Crippen molar-refractivity contribution >= 4 is 11.3 Å².